The summed E-state index contributed by atoms with van der Waals surface area (Å²) in [5.74, 6) is -0.323. The standard InChI is InChI=1S/C25H26N2O4/c1-16-9-12-20(31-16)22-21(24(29)25(30)27(22)14-6-13-26(2)3)23(28)19-11-10-17-7-4-5-8-18(17)15-19/h4-5,7-12,15,22,28H,6,13-14H2,1-3H3/b23-21-. The summed E-state index contributed by atoms with van der Waals surface area (Å²) in [5.41, 5.74) is 0.567. The smallest absolute Gasteiger partial charge is 0.295 e. The van der Waals surface area contributed by atoms with E-state index in [1.807, 2.05) is 62.3 Å². The fourth-order valence-electron chi connectivity index (χ4n) is 4.06. The predicted molar refractivity (Wildman–Crippen MR) is 120 cm³/mol. The van der Waals surface area contributed by atoms with E-state index in [-0.39, 0.29) is 11.3 Å². The average molecular weight is 418 g/mol. The molecule has 2 aromatic carbocycles. The number of aliphatic hydroxyl groups excluding tert-OH is 1. The number of nitrogens with zero attached hydrogens (tertiary/aromatic N) is 2. The average Bonchev–Trinajstić information content (AvgIpc) is 3.28. The molecule has 6 heteroatoms. The minimum absolute atomic E-state index is 0.0690. The summed E-state index contributed by atoms with van der Waals surface area (Å²) in [7, 11) is 3.92. The van der Waals surface area contributed by atoms with E-state index in [0.29, 0.717) is 30.0 Å². The molecule has 2 heterocycles. The van der Waals surface area contributed by atoms with Gasteiger partial charge >= 0.3 is 0 Å². The first-order valence-electron chi connectivity index (χ1n) is 10.4. The van der Waals surface area contributed by atoms with Crippen molar-refractivity contribution in [3.63, 3.8) is 0 Å². The van der Waals surface area contributed by atoms with Crippen LogP contribution in [0.5, 0.6) is 0 Å². The van der Waals surface area contributed by atoms with Crippen LogP contribution in [0, 0.1) is 6.92 Å². The summed E-state index contributed by atoms with van der Waals surface area (Å²) in [6.45, 7) is 2.98. The first-order chi connectivity index (χ1) is 14.9. The summed E-state index contributed by atoms with van der Waals surface area (Å²) in [6, 6.07) is 16.1. The van der Waals surface area contributed by atoms with Crippen LogP contribution >= 0.6 is 0 Å². The summed E-state index contributed by atoms with van der Waals surface area (Å²) in [6.07, 6.45) is 0.701. The van der Waals surface area contributed by atoms with Crippen LogP contribution in [0.4, 0.5) is 0 Å². The molecule has 1 N–H and O–H groups in total. The van der Waals surface area contributed by atoms with Crippen LogP contribution in [0.1, 0.15) is 29.5 Å². The van der Waals surface area contributed by atoms with Crippen LogP contribution in [0.3, 0.4) is 0 Å². The van der Waals surface area contributed by atoms with Crippen molar-refractivity contribution < 1.29 is 19.1 Å². The third kappa shape index (κ3) is 3.99. The molecule has 1 amide bonds. The van der Waals surface area contributed by atoms with Gasteiger partial charge in [0.15, 0.2) is 0 Å². The lowest BCUT2D eigenvalue weighted by atomic mass is 9.97. The quantitative estimate of drug-likeness (QED) is 0.370. The van der Waals surface area contributed by atoms with Gasteiger partial charge in [0.25, 0.3) is 11.7 Å². The van der Waals surface area contributed by atoms with E-state index in [1.165, 1.54) is 4.90 Å². The monoisotopic (exact) mass is 418 g/mol. The fourth-order valence-corrected chi connectivity index (χ4v) is 4.06. The third-order valence-electron chi connectivity index (χ3n) is 5.60. The second kappa shape index (κ2) is 8.40. The zero-order valence-electron chi connectivity index (χ0n) is 18.0. The predicted octanol–water partition coefficient (Wildman–Crippen LogP) is 4.11. The van der Waals surface area contributed by atoms with Crippen LogP contribution in [0.15, 0.2) is 64.6 Å². The van der Waals surface area contributed by atoms with Crippen molar-refractivity contribution in [2.45, 2.75) is 19.4 Å². The number of furan rings is 1. The number of aryl methyl sites for hydroxylation is 1. The van der Waals surface area contributed by atoms with Gasteiger partial charge in [-0.15, -0.1) is 0 Å². The highest BCUT2D eigenvalue weighted by molar-refractivity contribution is 6.46. The molecule has 1 aliphatic rings. The lowest BCUT2D eigenvalue weighted by Gasteiger charge is -2.24. The number of fused-ring (bicyclic) bond motifs is 1. The number of hydrogen-bond donors (Lipinski definition) is 1. The Bertz CT molecular complexity index is 1170. The first kappa shape index (κ1) is 20.9. The molecule has 0 spiro atoms. The van der Waals surface area contributed by atoms with E-state index >= 15 is 0 Å². The second-order valence-electron chi connectivity index (χ2n) is 8.16. The number of ketones is 1. The molecule has 1 aliphatic heterocycles. The van der Waals surface area contributed by atoms with Crippen molar-refractivity contribution in [3.8, 4) is 0 Å². The Morgan fingerprint density at radius 3 is 2.48 bits per heavy atom. The van der Waals surface area contributed by atoms with Crippen molar-refractivity contribution in [3.05, 3.63) is 77.3 Å². The van der Waals surface area contributed by atoms with Crippen LogP contribution in [0.25, 0.3) is 16.5 Å². The zero-order chi connectivity index (χ0) is 22.1. The summed E-state index contributed by atoms with van der Waals surface area (Å²) in [4.78, 5) is 29.5. The molecule has 6 nitrogen and oxygen atoms in total. The van der Waals surface area contributed by atoms with E-state index in [9.17, 15) is 14.7 Å². The maximum absolute atomic E-state index is 13.0. The van der Waals surface area contributed by atoms with Crippen LogP contribution in [-0.2, 0) is 9.59 Å². The van der Waals surface area contributed by atoms with E-state index < -0.39 is 17.7 Å². The molecule has 0 bridgehead atoms. The number of hydrogen-bond acceptors (Lipinski definition) is 5. The Labute approximate surface area is 181 Å². The molecule has 31 heavy (non-hydrogen) atoms. The van der Waals surface area contributed by atoms with Crippen LogP contribution in [0.2, 0.25) is 0 Å². The van der Waals surface area contributed by atoms with Gasteiger partial charge in [-0.25, -0.2) is 0 Å². The lowest BCUT2D eigenvalue weighted by Crippen LogP contribution is -2.32. The molecular weight excluding hydrogens is 392 g/mol. The third-order valence-corrected chi connectivity index (χ3v) is 5.60. The van der Waals surface area contributed by atoms with Crippen molar-refractivity contribution in [2.75, 3.05) is 27.2 Å². The highest BCUT2D eigenvalue weighted by Crippen LogP contribution is 2.40. The lowest BCUT2D eigenvalue weighted by molar-refractivity contribution is -0.140. The van der Waals surface area contributed by atoms with Crippen LogP contribution < -0.4 is 0 Å². The van der Waals surface area contributed by atoms with Gasteiger partial charge in [-0.3, -0.25) is 9.59 Å². The van der Waals surface area contributed by atoms with Crippen molar-refractivity contribution in [1.82, 2.24) is 9.80 Å². The number of rotatable bonds is 6. The number of benzene rings is 2. The van der Waals surface area contributed by atoms with Gasteiger partial charge < -0.3 is 19.3 Å². The Hall–Kier alpha value is -3.38. The number of likely N-dealkylation sites (tertiary alicyclic amines) is 1. The van der Waals surface area contributed by atoms with Gasteiger partial charge in [0.05, 0.1) is 5.57 Å². The SMILES string of the molecule is Cc1ccc(C2/C(=C(/O)c3ccc4ccccc4c3)C(=O)C(=O)N2CCCN(C)C)o1. The van der Waals surface area contributed by atoms with E-state index in [0.717, 1.165) is 17.3 Å². The molecule has 1 fully saturated rings. The molecule has 160 valence electrons. The van der Waals surface area contributed by atoms with Gasteiger partial charge in [0.2, 0.25) is 0 Å². The van der Waals surface area contributed by atoms with Gasteiger partial charge in [-0.2, -0.15) is 0 Å². The van der Waals surface area contributed by atoms with Crippen molar-refractivity contribution >= 4 is 28.2 Å². The first-order valence-corrected chi connectivity index (χ1v) is 10.4. The summed E-state index contributed by atoms with van der Waals surface area (Å²) in [5, 5.41) is 13.1. The second-order valence-corrected chi connectivity index (χ2v) is 8.16. The molecule has 0 radical (unpaired) electrons. The molecule has 1 aromatic heterocycles. The number of Topliss-reactive ketones (excluding diaryl/α,β-unsaturated/α-hetero) is 1. The van der Waals surface area contributed by atoms with Gasteiger partial charge in [0.1, 0.15) is 23.3 Å². The largest absolute Gasteiger partial charge is 0.507 e. The van der Waals surface area contributed by atoms with E-state index in [1.54, 1.807) is 18.2 Å². The number of carbonyl (C=O) groups excluding carboxylic acids is 2. The zero-order valence-corrected chi connectivity index (χ0v) is 18.0. The maximum Gasteiger partial charge on any atom is 0.295 e. The molecule has 1 atom stereocenters. The normalized spacial score (nSPS) is 18.5. The molecule has 1 unspecified atom stereocenters. The highest BCUT2D eigenvalue weighted by atomic mass is 16.3. The molecule has 3 aromatic rings. The molecule has 0 aliphatic carbocycles. The molecule has 1 saturated heterocycles. The van der Waals surface area contributed by atoms with Crippen molar-refractivity contribution in [1.29, 1.82) is 0 Å². The minimum atomic E-state index is -0.748. The van der Waals surface area contributed by atoms with Gasteiger partial charge in [0, 0.05) is 12.1 Å². The van der Waals surface area contributed by atoms with Crippen molar-refractivity contribution in [2.24, 2.45) is 0 Å². The Morgan fingerprint density at radius 2 is 1.81 bits per heavy atom. The van der Waals surface area contributed by atoms with Crippen LogP contribution in [-0.4, -0.2) is 53.8 Å². The maximum atomic E-state index is 13.0. The van der Waals surface area contributed by atoms with Gasteiger partial charge in [-0.05, 0) is 63.0 Å². The molecule has 0 saturated carbocycles. The Balaban J connectivity index is 1.80. The highest BCUT2D eigenvalue weighted by Gasteiger charge is 2.47. The van der Waals surface area contributed by atoms with Gasteiger partial charge in [-0.1, -0.05) is 36.4 Å². The molecular formula is C25H26N2O4. The number of amides is 1. The topological polar surface area (TPSA) is 74.0 Å². The number of aliphatic hydroxyl groups is 1. The van der Waals surface area contributed by atoms with E-state index in [4.69, 9.17) is 4.42 Å². The summed E-state index contributed by atoms with van der Waals surface area (Å²) >= 11 is 0. The minimum Gasteiger partial charge on any atom is -0.507 e. The molecule has 4 rings (SSSR count). The van der Waals surface area contributed by atoms with E-state index in [2.05, 4.69) is 0 Å². The number of carbonyl (C=O) groups is 2. The fraction of sp³-hybridized carbons (Fsp3) is 0.280. The Kier molecular flexibility index (Phi) is 5.65. The Morgan fingerprint density at radius 1 is 1.06 bits per heavy atom. The summed E-state index contributed by atoms with van der Waals surface area (Å²) < 4.78 is 5.81.